The fourth-order valence-electron chi connectivity index (χ4n) is 1.61. The summed E-state index contributed by atoms with van der Waals surface area (Å²) in [6.07, 6.45) is 0. The minimum absolute atomic E-state index is 1.30. The van der Waals surface area contributed by atoms with Crippen LogP contribution < -0.4 is 4.12 Å². The normalized spacial score (nSPS) is 10.1. The first-order valence-electron chi connectivity index (χ1n) is 4.68. The second-order valence-electron chi connectivity index (χ2n) is 3.50. The fourth-order valence-corrected chi connectivity index (χ4v) is 2.54. The molecule has 0 fully saturated rings. The zero-order valence-electron chi connectivity index (χ0n) is 8.20. The van der Waals surface area contributed by atoms with E-state index in [-0.39, 0.29) is 0 Å². The van der Waals surface area contributed by atoms with Gasteiger partial charge < -0.3 is 0 Å². The summed E-state index contributed by atoms with van der Waals surface area (Å²) in [5.74, 6) is 0. The van der Waals surface area contributed by atoms with Crippen molar-refractivity contribution in [1.82, 2.24) is 0 Å². The Labute approximate surface area is 94.9 Å². The average molecular weight is 237 g/mol. The van der Waals surface area contributed by atoms with Crippen LogP contribution in [0.4, 0.5) is 0 Å². The Kier molecular flexibility index (Phi) is 2.80. The second kappa shape index (κ2) is 4.07. The molecule has 0 atom stereocenters. The molecule has 0 saturated heterocycles. The summed E-state index contributed by atoms with van der Waals surface area (Å²) < 4.78 is 1.39. The van der Waals surface area contributed by atoms with E-state index in [9.17, 15) is 0 Å². The molecule has 0 aliphatic carbocycles. The molecule has 0 heterocycles. The van der Waals surface area contributed by atoms with Gasteiger partial charge in [-0.25, -0.2) is 0 Å². The first-order chi connectivity index (χ1) is 6.75. The van der Waals surface area contributed by atoms with Crippen molar-refractivity contribution in [3.05, 3.63) is 54.1 Å². The Morgan fingerprint density at radius 1 is 0.857 bits per heavy atom. The van der Waals surface area contributed by atoms with Crippen LogP contribution in [0.2, 0.25) is 0 Å². The molecule has 66 valence electrons. The Balaban J connectivity index is 2.52. The fraction of sp³-hybridized carbons (Fsp3) is 0.0769. The van der Waals surface area contributed by atoms with Crippen LogP contribution >= 0.6 is 0 Å². The van der Waals surface area contributed by atoms with E-state index in [2.05, 4.69) is 55.5 Å². The summed E-state index contributed by atoms with van der Waals surface area (Å²) in [4.78, 5) is 0. The van der Waals surface area contributed by atoms with Gasteiger partial charge in [-0.05, 0) is 0 Å². The Hall–Kier alpha value is -0.924. The van der Waals surface area contributed by atoms with Crippen LogP contribution in [0.3, 0.4) is 0 Å². The first-order valence-corrected chi connectivity index (χ1v) is 5.89. The van der Waals surface area contributed by atoms with Crippen LogP contribution in [0, 0.1) is 6.92 Å². The van der Waals surface area contributed by atoms with E-state index in [0.717, 1.165) is 0 Å². The van der Waals surface area contributed by atoms with Crippen LogP contribution in [0.15, 0.2) is 48.5 Å². The van der Waals surface area contributed by atoms with E-state index in [0.29, 0.717) is 0 Å². The van der Waals surface area contributed by atoms with Gasteiger partial charge in [0.1, 0.15) is 0 Å². The number of hydrogen-bond acceptors (Lipinski definition) is 0. The molecule has 2 aromatic carbocycles. The molecule has 0 aliphatic heterocycles. The van der Waals surface area contributed by atoms with Gasteiger partial charge in [-0.15, -0.1) is 0 Å². The van der Waals surface area contributed by atoms with Gasteiger partial charge in [-0.3, -0.25) is 0 Å². The molecule has 0 bridgehead atoms. The molecule has 14 heavy (non-hydrogen) atoms. The summed E-state index contributed by atoms with van der Waals surface area (Å²) in [6, 6.07) is 17.2. The van der Waals surface area contributed by atoms with Crippen molar-refractivity contribution in [2.75, 3.05) is 0 Å². The summed E-state index contributed by atoms with van der Waals surface area (Å²) in [6.45, 7) is 2.15. The molecule has 0 aliphatic rings. The molecule has 0 spiro atoms. The van der Waals surface area contributed by atoms with Crippen molar-refractivity contribution >= 4 is 22.7 Å². The van der Waals surface area contributed by atoms with E-state index in [4.69, 9.17) is 0 Å². The standard InChI is InChI=1S/C13H11.Ga/c1-11-6-5-9-13(10-11)12-7-3-2-4-8-12;/h2-4,6-10H,1H3;. The van der Waals surface area contributed by atoms with Gasteiger partial charge in [0.05, 0.1) is 0 Å². The van der Waals surface area contributed by atoms with Gasteiger partial charge in [0.25, 0.3) is 0 Å². The minimum atomic E-state index is 1.30. The van der Waals surface area contributed by atoms with Gasteiger partial charge in [-0.1, -0.05) is 0 Å². The third-order valence-electron chi connectivity index (χ3n) is 2.21. The molecule has 0 N–H and O–H groups in total. The van der Waals surface area contributed by atoms with Crippen LogP contribution in [0.1, 0.15) is 5.56 Å². The third kappa shape index (κ3) is 2.11. The predicted octanol–water partition coefficient (Wildman–Crippen LogP) is 2.46. The molecule has 0 saturated carbocycles. The van der Waals surface area contributed by atoms with Crippen LogP contribution in [0.25, 0.3) is 11.1 Å². The molecule has 2 aromatic rings. The molecule has 0 aromatic heterocycles. The molecule has 0 nitrogen and oxygen atoms in total. The van der Waals surface area contributed by atoms with Gasteiger partial charge in [0.15, 0.2) is 0 Å². The maximum atomic E-state index is 2.25. The van der Waals surface area contributed by atoms with Crippen molar-refractivity contribution in [1.29, 1.82) is 0 Å². The molecule has 2 rings (SSSR count). The molecule has 0 amide bonds. The molecule has 2 radical (unpaired) electrons. The SMILES string of the molecule is Cc1c[c]([Ga])cc(-c2ccccc2)c1. The van der Waals surface area contributed by atoms with Crippen molar-refractivity contribution in [3.8, 4) is 11.1 Å². The summed E-state index contributed by atoms with van der Waals surface area (Å²) in [5, 5.41) is 0. The average Bonchev–Trinajstić information content (AvgIpc) is 2.18. The molecular formula is C13H11Ga. The summed E-state index contributed by atoms with van der Waals surface area (Å²) >= 11 is 1.68. The van der Waals surface area contributed by atoms with E-state index >= 15 is 0 Å². The van der Waals surface area contributed by atoms with Crippen LogP contribution in [0.5, 0.6) is 0 Å². The number of hydrogen-bond donors (Lipinski definition) is 0. The number of rotatable bonds is 1. The van der Waals surface area contributed by atoms with E-state index in [1.165, 1.54) is 20.8 Å². The zero-order chi connectivity index (χ0) is 9.97. The quantitative estimate of drug-likeness (QED) is 0.668. The Morgan fingerprint density at radius 2 is 1.57 bits per heavy atom. The van der Waals surface area contributed by atoms with Gasteiger partial charge in [0, 0.05) is 0 Å². The predicted molar refractivity (Wildman–Crippen MR) is 62.0 cm³/mol. The number of aryl methyl sites for hydroxylation is 1. The van der Waals surface area contributed by atoms with Crippen LogP contribution in [-0.4, -0.2) is 18.6 Å². The van der Waals surface area contributed by atoms with Crippen molar-refractivity contribution in [2.45, 2.75) is 6.92 Å². The zero-order valence-corrected chi connectivity index (χ0v) is 10.6. The summed E-state index contributed by atoms with van der Waals surface area (Å²) in [7, 11) is 0. The van der Waals surface area contributed by atoms with Crippen LogP contribution in [-0.2, 0) is 0 Å². The van der Waals surface area contributed by atoms with E-state index < -0.39 is 0 Å². The second-order valence-corrected chi connectivity index (χ2v) is 4.90. The van der Waals surface area contributed by atoms with E-state index in [1.54, 1.807) is 18.6 Å². The molecule has 1 heteroatoms. The van der Waals surface area contributed by atoms with Crippen molar-refractivity contribution in [2.24, 2.45) is 0 Å². The van der Waals surface area contributed by atoms with Crippen molar-refractivity contribution < 1.29 is 0 Å². The summed E-state index contributed by atoms with van der Waals surface area (Å²) in [5.41, 5.74) is 3.96. The Bertz CT molecular complexity index is 412. The maximum absolute atomic E-state index is 2.25. The van der Waals surface area contributed by atoms with Gasteiger partial charge in [-0.2, -0.15) is 0 Å². The number of benzene rings is 2. The molecular weight excluding hydrogens is 226 g/mol. The van der Waals surface area contributed by atoms with E-state index in [1.807, 2.05) is 0 Å². The Morgan fingerprint density at radius 3 is 2.21 bits per heavy atom. The topological polar surface area (TPSA) is 0 Å². The monoisotopic (exact) mass is 236 g/mol. The third-order valence-corrected chi connectivity index (χ3v) is 2.91. The first kappa shape index (κ1) is 9.62. The van der Waals surface area contributed by atoms with Gasteiger partial charge in [0.2, 0.25) is 0 Å². The van der Waals surface area contributed by atoms with Gasteiger partial charge >= 0.3 is 94.9 Å². The molecule has 0 unspecified atom stereocenters. The van der Waals surface area contributed by atoms with Crippen molar-refractivity contribution in [3.63, 3.8) is 0 Å².